The second-order valence-electron chi connectivity index (χ2n) is 14.5. The predicted molar refractivity (Wildman–Crippen MR) is 191 cm³/mol. The molecule has 49 heavy (non-hydrogen) atoms. The smallest absolute Gasteiger partial charge is 0.228 e. The quantitative estimate of drug-likeness (QED) is 0.102. The zero-order valence-electron chi connectivity index (χ0n) is 29.5. The Morgan fingerprint density at radius 2 is 1.92 bits per heavy atom. The minimum absolute atomic E-state index is 0.0954. The summed E-state index contributed by atoms with van der Waals surface area (Å²) in [6.45, 7) is 6.90. The molecule has 1 heterocycles. The molecule has 2 bridgehead atoms. The normalized spacial score (nSPS) is 25.2. The maximum Gasteiger partial charge on any atom is 0.228 e. The third-order valence-electron chi connectivity index (χ3n) is 10.9. The summed E-state index contributed by atoms with van der Waals surface area (Å²) in [7, 11) is 1.69. The van der Waals surface area contributed by atoms with Gasteiger partial charge in [0.25, 0.3) is 0 Å². The Balaban J connectivity index is 1.44. The van der Waals surface area contributed by atoms with Gasteiger partial charge in [-0.25, -0.2) is 0 Å². The van der Waals surface area contributed by atoms with Crippen LogP contribution in [-0.2, 0) is 22.5 Å². The summed E-state index contributed by atoms with van der Waals surface area (Å²) >= 11 is 0. The zero-order valence-corrected chi connectivity index (χ0v) is 29.5. The van der Waals surface area contributed by atoms with Gasteiger partial charge >= 0.3 is 0 Å². The second-order valence-corrected chi connectivity index (χ2v) is 14.5. The Kier molecular flexibility index (Phi) is 13.0. The van der Waals surface area contributed by atoms with E-state index >= 15 is 0 Å². The summed E-state index contributed by atoms with van der Waals surface area (Å²) < 4.78 is 16.8. The van der Waals surface area contributed by atoms with Crippen molar-refractivity contribution in [2.75, 3.05) is 40.0 Å². The van der Waals surface area contributed by atoms with Crippen LogP contribution in [0.1, 0.15) is 97.5 Å². The van der Waals surface area contributed by atoms with E-state index in [9.17, 15) is 20.1 Å². The topological polar surface area (TPSA) is 113 Å². The molecule has 1 saturated carbocycles. The molecular weight excluding hydrogens is 618 g/mol. The van der Waals surface area contributed by atoms with Gasteiger partial charge in [-0.05, 0) is 99.1 Å². The lowest BCUT2D eigenvalue weighted by atomic mass is 9.64. The first-order valence-electron chi connectivity index (χ1n) is 17.9. The van der Waals surface area contributed by atoms with Crippen LogP contribution < -0.4 is 0 Å². The number of hydrogen-bond acceptors (Lipinski definition) is 8. The fourth-order valence-electron chi connectivity index (χ4n) is 8.01. The van der Waals surface area contributed by atoms with Gasteiger partial charge in [-0.3, -0.25) is 9.69 Å². The Morgan fingerprint density at radius 1 is 1.10 bits per heavy atom. The lowest BCUT2D eigenvalue weighted by molar-refractivity contribution is -0.0913. The van der Waals surface area contributed by atoms with Crippen molar-refractivity contribution in [3.63, 3.8) is 0 Å². The molecule has 0 spiro atoms. The molecule has 3 aromatic rings. The van der Waals surface area contributed by atoms with Crippen LogP contribution in [0.3, 0.4) is 0 Å². The maximum atomic E-state index is 14.0. The highest BCUT2D eigenvalue weighted by molar-refractivity contribution is 6.08. The number of rotatable bonds is 14. The van der Waals surface area contributed by atoms with Crippen molar-refractivity contribution in [3.05, 3.63) is 107 Å². The van der Waals surface area contributed by atoms with Crippen LogP contribution in [-0.4, -0.2) is 83.8 Å². The van der Waals surface area contributed by atoms with Crippen LogP contribution in [0.15, 0.2) is 83.0 Å². The molecular formula is C41H55NO7. The number of aliphatic hydroxyl groups excluding tert-OH is 2. The number of ketones is 1. The molecule has 0 saturated heterocycles. The van der Waals surface area contributed by atoms with Crippen molar-refractivity contribution in [2.24, 2.45) is 5.41 Å². The summed E-state index contributed by atoms with van der Waals surface area (Å²) in [6.07, 6.45) is 7.96. The first kappa shape index (κ1) is 37.2. The number of ether oxygens (including phenoxy) is 2. The fraction of sp³-hybridized carbons (Fsp3) is 0.537. The van der Waals surface area contributed by atoms with E-state index in [0.717, 1.165) is 42.4 Å². The molecule has 0 radical (unpaired) electrons. The Labute approximate surface area is 291 Å². The molecule has 6 rings (SSSR count). The van der Waals surface area contributed by atoms with Gasteiger partial charge in [-0.15, -0.1) is 0 Å². The molecule has 3 N–H and O–H groups in total. The lowest BCUT2D eigenvalue weighted by Gasteiger charge is -2.46. The molecule has 8 nitrogen and oxygen atoms in total. The van der Waals surface area contributed by atoms with Crippen LogP contribution in [0.4, 0.5) is 0 Å². The summed E-state index contributed by atoms with van der Waals surface area (Å²) in [5.41, 5.74) is 3.02. The number of furan rings is 1. The first-order valence-corrected chi connectivity index (χ1v) is 17.9. The van der Waals surface area contributed by atoms with Crippen LogP contribution >= 0.6 is 0 Å². The van der Waals surface area contributed by atoms with E-state index in [-0.39, 0.29) is 24.1 Å². The second kappa shape index (κ2) is 17.2. The molecule has 5 unspecified atom stereocenters. The summed E-state index contributed by atoms with van der Waals surface area (Å²) in [5.74, 6) is 0.000131. The molecule has 3 aliphatic rings. The standard InChI is InChI=1S/C41H55NO7/c1-30-10-7-19-40(2)37(35-17-15-32(24-33(43)16-14-30)25-36(35)39(45)38-13-8-23-49-38)18-20-41(40,46)29-42(21-9-22-47-3)26-34(44)28-48-27-31-11-5-4-6-12-31/h4-6,8,10-13,15,17,23,25,33-34,37,43-44,46H,7,9,14,16,18-22,24,26-29H2,1-3H3. The largest absolute Gasteiger partial charge is 0.461 e. The van der Waals surface area contributed by atoms with Gasteiger partial charge in [0, 0.05) is 44.3 Å². The number of aliphatic hydroxyl groups is 3. The monoisotopic (exact) mass is 673 g/mol. The minimum atomic E-state index is -1.09. The zero-order chi connectivity index (χ0) is 34.9. The maximum absolute atomic E-state index is 14.0. The number of fused-ring (bicyclic) bond motifs is 8. The number of benzene rings is 2. The third-order valence-corrected chi connectivity index (χ3v) is 10.9. The molecule has 0 aliphatic heterocycles. The van der Waals surface area contributed by atoms with Gasteiger partial charge < -0.3 is 29.2 Å². The first-order chi connectivity index (χ1) is 23.6. The minimum Gasteiger partial charge on any atom is -0.461 e. The number of carbonyl (C=O) groups excluding carboxylic acids is 1. The van der Waals surface area contributed by atoms with Crippen molar-refractivity contribution >= 4 is 5.78 Å². The molecule has 0 amide bonds. The van der Waals surface area contributed by atoms with Crippen molar-refractivity contribution in [2.45, 2.75) is 95.5 Å². The van der Waals surface area contributed by atoms with Crippen molar-refractivity contribution in [1.29, 1.82) is 0 Å². The summed E-state index contributed by atoms with van der Waals surface area (Å²) in [4.78, 5) is 16.1. The van der Waals surface area contributed by atoms with Crippen molar-refractivity contribution in [3.8, 4) is 0 Å². The summed E-state index contributed by atoms with van der Waals surface area (Å²) in [6, 6.07) is 19.3. The number of carbonyl (C=O) groups is 1. The van der Waals surface area contributed by atoms with E-state index in [1.807, 2.05) is 48.5 Å². The Morgan fingerprint density at radius 3 is 2.67 bits per heavy atom. The third kappa shape index (κ3) is 9.37. The number of methoxy groups -OCH3 is 1. The number of nitrogens with zero attached hydrogens (tertiary/aromatic N) is 1. The van der Waals surface area contributed by atoms with Crippen LogP contribution in [0.25, 0.3) is 0 Å². The highest BCUT2D eigenvalue weighted by Gasteiger charge is 2.57. The summed E-state index contributed by atoms with van der Waals surface area (Å²) in [5, 5.41) is 34.8. The van der Waals surface area contributed by atoms with Crippen LogP contribution in [0.5, 0.6) is 0 Å². The van der Waals surface area contributed by atoms with E-state index in [4.69, 9.17) is 13.9 Å². The molecule has 5 atom stereocenters. The predicted octanol–water partition coefficient (Wildman–Crippen LogP) is 6.47. The molecule has 8 heteroatoms. The number of allylic oxidation sites excluding steroid dienone is 2. The van der Waals surface area contributed by atoms with Gasteiger partial charge in [0.05, 0.1) is 37.3 Å². The van der Waals surface area contributed by atoms with E-state index in [0.29, 0.717) is 64.1 Å². The molecule has 1 fully saturated rings. The van der Waals surface area contributed by atoms with Gasteiger partial charge in [0.1, 0.15) is 0 Å². The van der Waals surface area contributed by atoms with Gasteiger partial charge in [0.2, 0.25) is 5.78 Å². The van der Waals surface area contributed by atoms with E-state index < -0.39 is 23.2 Å². The van der Waals surface area contributed by atoms with Crippen molar-refractivity contribution < 1.29 is 34.0 Å². The van der Waals surface area contributed by atoms with Crippen LogP contribution in [0.2, 0.25) is 0 Å². The highest BCUT2D eigenvalue weighted by atomic mass is 16.5. The Hall–Kier alpha value is -3.11. The van der Waals surface area contributed by atoms with Gasteiger partial charge in [0.15, 0.2) is 5.76 Å². The van der Waals surface area contributed by atoms with E-state index in [2.05, 4.69) is 24.8 Å². The SMILES string of the molecule is COCCCN(CC(O)COCc1ccccc1)CC1(O)CCC2c3ccc(cc3C(=O)c3ccco3)CC(O)CCC(C)=CCCC21C. The highest BCUT2D eigenvalue weighted by Crippen LogP contribution is 2.59. The molecule has 3 aliphatic carbocycles. The Bertz CT molecular complexity index is 1510. The molecule has 2 aromatic carbocycles. The molecule has 266 valence electrons. The average Bonchev–Trinajstić information content (AvgIpc) is 3.71. The van der Waals surface area contributed by atoms with Gasteiger partial charge in [-0.2, -0.15) is 0 Å². The average molecular weight is 674 g/mol. The van der Waals surface area contributed by atoms with E-state index in [1.165, 1.54) is 11.8 Å². The number of hydrogen-bond donors (Lipinski definition) is 3. The van der Waals surface area contributed by atoms with E-state index in [1.54, 1.807) is 19.2 Å². The van der Waals surface area contributed by atoms with Crippen molar-refractivity contribution in [1.82, 2.24) is 4.90 Å². The lowest BCUT2D eigenvalue weighted by Crippen LogP contribution is -2.54. The fourth-order valence-corrected chi connectivity index (χ4v) is 8.01. The molecule has 1 aromatic heterocycles. The van der Waals surface area contributed by atoms with Crippen LogP contribution in [0, 0.1) is 5.41 Å². The van der Waals surface area contributed by atoms with Gasteiger partial charge in [-0.1, -0.05) is 61.0 Å².